The highest BCUT2D eigenvalue weighted by molar-refractivity contribution is 9.10. The minimum Gasteiger partial charge on any atom is -0.381 e. The molecule has 0 atom stereocenters. The molecule has 0 amide bonds. The molecule has 0 aliphatic carbocycles. The lowest BCUT2D eigenvalue weighted by atomic mass is 10.4. The van der Waals surface area contributed by atoms with Gasteiger partial charge in [-0.1, -0.05) is 0 Å². The van der Waals surface area contributed by atoms with Gasteiger partial charge in [0.2, 0.25) is 0 Å². The molecule has 7 heteroatoms. The van der Waals surface area contributed by atoms with Crippen molar-refractivity contribution in [3.63, 3.8) is 0 Å². The quantitative estimate of drug-likeness (QED) is 0.906. The Hall–Kier alpha value is -1.63. The van der Waals surface area contributed by atoms with E-state index in [0.717, 1.165) is 12.1 Å². The first-order valence-electron chi connectivity index (χ1n) is 6.49. The average Bonchev–Trinajstić information content (AvgIpc) is 2.80. The largest absolute Gasteiger partial charge is 0.381 e. The van der Waals surface area contributed by atoms with Crippen molar-refractivity contribution >= 4 is 21.6 Å². The van der Waals surface area contributed by atoms with Crippen LogP contribution in [0.5, 0.6) is 0 Å². The van der Waals surface area contributed by atoms with Gasteiger partial charge in [-0.25, -0.2) is 4.68 Å². The Morgan fingerprint density at radius 3 is 2.70 bits per heavy atom. The van der Waals surface area contributed by atoms with Crippen LogP contribution in [0, 0.1) is 6.92 Å². The van der Waals surface area contributed by atoms with Gasteiger partial charge in [-0.3, -0.25) is 9.48 Å². The second-order valence-corrected chi connectivity index (χ2v) is 5.72. The minimum atomic E-state index is -0.125. The Kier molecular flexibility index (Phi) is 4.59. The Balaban J connectivity index is 2.03. The molecule has 0 radical (unpaired) electrons. The zero-order valence-corrected chi connectivity index (χ0v) is 13.4. The molecule has 0 fully saturated rings. The highest BCUT2D eigenvalue weighted by Crippen LogP contribution is 2.16. The number of hydrogen-bond acceptors (Lipinski definition) is 4. The summed E-state index contributed by atoms with van der Waals surface area (Å²) < 4.78 is 3.82. The minimum absolute atomic E-state index is 0.0416. The molecule has 2 rings (SSSR count). The van der Waals surface area contributed by atoms with Crippen molar-refractivity contribution in [1.29, 1.82) is 0 Å². The fraction of sp³-hybridized carbons (Fsp3) is 0.462. The van der Waals surface area contributed by atoms with E-state index in [9.17, 15) is 4.79 Å². The first-order chi connectivity index (χ1) is 9.49. The second-order valence-electron chi connectivity index (χ2n) is 4.92. The molecule has 0 saturated heterocycles. The normalized spacial score (nSPS) is 11.1. The van der Waals surface area contributed by atoms with Crippen molar-refractivity contribution in [2.45, 2.75) is 33.4 Å². The first-order valence-corrected chi connectivity index (χ1v) is 7.28. The predicted octanol–water partition coefficient (Wildman–Crippen LogP) is 2.20. The molecule has 0 aliphatic rings. The summed E-state index contributed by atoms with van der Waals surface area (Å²) in [4.78, 5) is 12.1. The second kappa shape index (κ2) is 6.21. The molecule has 0 saturated carbocycles. The van der Waals surface area contributed by atoms with Gasteiger partial charge in [0, 0.05) is 12.7 Å². The number of nitrogens with zero attached hydrogens (tertiary/aromatic N) is 4. The molecule has 2 heterocycles. The maximum Gasteiger partial charge on any atom is 0.283 e. The van der Waals surface area contributed by atoms with Crippen molar-refractivity contribution in [3.05, 3.63) is 39.0 Å². The Bertz CT molecular complexity index is 646. The van der Waals surface area contributed by atoms with E-state index < -0.39 is 0 Å². The van der Waals surface area contributed by atoms with Crippen molar-refractivity contribution in [1.82, 2.24) is 19.6 Å². The topological polar surface area (TPSA) is 64.7 Å². The van der Waals surface area contributed by atoms with Crippen LogP contribution in [0.1, 0.15) is 25.5 Å². The molecular weight excluding hydrogens is 322 g/mol. The summed E-state index contributed by atoms with van der Waals surface area (Å²) in [6.45, 7) is 7.26. The monoisotopic (exact) mass is 339 g/mol. The molecule has 0 aliphatic heterocycles. The Morgan fingerprint density at radius 2 is 2.10 bits per heavy atom. The number of anilines is 1. The fourth-order valence-corrected chi connectivity index (χ4v) is 2.25. The summed E-state index contributed by atoms with van der Waals surface area (Å²) in [6, 6.07) is 0.0416. The molecule has 6 nitrogen and oxygen atoms in total. The summed E-state index contributed by atoms with van der Waals surface area (Å²) in [5.74, 6) is 0. The number of hydrogen-bond donors (Lipinski definition) is 1. The summed E-state index contributed by atoms with van der Waals surface area (Å²) in [7, 11) is 0. The molecule has 2 aromatic rings. The smallest absolute Gasteiger partial charge is 0.283 e. The van der Waals surface area contributed by atoms with Crippen LogP contribution in [-0.4, -0.2) is 26.1 Å². The van der Waals surface area contributed by atoms with Crippen molar-refractivity contribution in [2.24, 2.45) is 0 Å². The van der Waals surface area contributed by atoms with Crippen LogP contribution in [0.3, 0.4) is 0 Å². The fourth-order valence-electron chi connectivity index (χ4n) is 1.83. The van der Waals surface area contributed by atoms with Gasteiger partial charge in [-0.15, -0.1) is 0 Å². The third-order valence-corrected chi connectivity index (χ3v) is 3.62. The first kappa shape index (κ1) is 14.8. The van der Waals surface area contributed by atoms with Crippen LogP contribution in [0.25, 0.3) is 0 Å². The number of aryl methyl sites for hydroxylation is 1. The zero-order chi connectivity index (χ0) is 14.7. The van der Waals surface area contributed by atoms with Crippen molar-refractivity contribution in [3.8, 4) is 0 Å². The number of aromatic nitrogens is 4. The van der Waals surface area contributed by atoms with Gasteiger partial charge in [0.15, 0.2) is 0 Å². The van der Waals surface area contributed by atoms with Crippen LogP contribution in [0.2, 0.25) is 0 Å². The van der Waals surface area contributed by atoms with Crippen LogP contribution in [-0.2, 0) is 6.54 Å². The number of halogens is 1. The predicted molar refractivity (Wildman–Crippen MR) is 82.0 cm³/mol. The molecule has 20 heavy (non-hydrogen) atoms. The van der Waals surface area contributed by atoms with Crippen LogP contribution in [0.15, 0.2) is 27.9 Å². The third kappa shape index (κ3) is 3.27. The maximum absolute atomic E-state index is 12.1. The lowest BCUT2D eigenvalue weighted by Crippen LogP contribution is -2.26. The molecule has 0 bridgehead atoms. The summed E-state index contributed by atoms with van der Waals surface area (Å²) in [6.07, 6.45) is 5.47. The van der Waals surface area contributed by atoms with Gasteiger partial charge in [-0.2, -0.15) is 10.2 Å². The van der Waals surface area contributed by atoms with E-state index in [1.165, 1.54) is 4.68 Å². The van der Waals surface area contributed by atoms with Gasteiger partial charge in [0.05, 0.1) is 30.7 Å². The molecule has 0 unspecified atom stereocenters. The molecule has 2 aromatic heterocycles. The van der Waals surface area contributed by atoms with Crippen LogP contribution >= 0.6 is 15.9 Å². The van der Waals surface area contributed by atoms with Gasteiger partial charge in [0.1, 0.15) is 4.47 Å². The summed E-state index contributed by atoms with van der Waals surface area (Å²) in [5.41, 5.74) is 1.71. The molecule has 0 spiro atoms. The Labute approximate surface area is 125 Å². The SMILES string of the molecule is Cc1cnn(CCNc2cnn(C(C)C)c(=O)c2Br)c1. The van der Waals surface area contributed by atoms with E-state index in [2.05, 4.69) is 31.4 Å². The van der Waals surface area contributed by atoms with E-state index >= 15 is 0 Å². The maximum atomic E-state index is 12.1. The van der Waals surface area contributed by atoms with Gasteiger partial charge in [0.25, 0.3) is 5.56 Å². The van der Waals surface area contributed by atoms with Crippen molar-refractivity contribution < 1.29 is 0 Å². The van der Waals surface area contributed by atoms with E-state index in [4.69, 9.17) is 0 Å². The summed E-state index contributed by atoms with van der Waals surface area (Å²) in [5, 5.41) is 11.6. The standard InChI is InChI=1S/C13H18BrN5O/c1-9(2)19-13(20)12(14)11(7-17-19)15-4-5-18-8-10(3)6-16-18/h6-9,15H,4-5H2,1-3H3. The van der Waals surface area contributed by atoms with Gasteiger partial charge >= 0.3 is 0 Å². The highest BCUT2D eigenvalue weighted by Gasteiger charge is 2.10. The van der Waals surface area contributed by atoms with E-state index in [1.54, 1.807) is 6.20 Å². The van der Waals surface area contributed by atoms with Gasteiger partial charge < -0.3 is 5.32 Å². The Morgan fingerprint density at radius 1 is 1.35 bits per heavy atom. The lowest BCUT2D eigenvalue weighted by Gasteiger charge is -2.12. The van der Waals surface area contributed by atoms with Gasteiger partial charge in [-0.05, 0) is 42.3 Å². The van der Waals surface area contributed by atoms with E-state index in [-0.39, 0.29) is 11.6 Å². The van der Waals surface area contributed by atoms with E-state index in [0.29, 0.717) is 16.7 Å². The summed E-state index contributed by atoms with van der Waals surface area (Å²) >= 11 is 3.33. The molecule has 1 N–H and O–H groups in total. The lowest BCUT2D eigenvalue weighted by molar-refractivity contribution is 0.501. The number of nitrogens with one attached hydrogen (secondary N) is 1. The van der Waals surface area contributed by atoms with Crippen LogP contribution in [0.4, 0.5) is 5.69 Å². The zero-order valence-electron chi connectivity index (χ0n) is 11.8. The highest BCUT2D eigenvalue weighted by atomic mass is 79.9. The average molecular weight is 340 g/mol. The van der Waals surface area contributed by atoms with Crippen molar-refractivity contribution in [2.75, 3.05) is 11.9 Å². The van der Waals surface area contributed by atoms with E-state index in [1.807, 2.05) is 37.8 Å². The third-order valence-electron chi connectivity index (χ3n) is 2.85. The van der Waals surface area contributed by atoms with Crippen LogP contribution < -0.4 is 10.9 Å². The molecule has 0 aromatic carbocycles. The number of rotatable bonds is 5. The molecular formula is C13H18BrN5O. The molecule has 108 valence electrons.